The highest BCUT2D eigenvalue weighted by molar-refractivity contribution is 7.65. The Morgan fingerprint density at radius 1 is 0.692 bits per heavy atom. The first-order valence-electron chi connectivity index (χ1n) is 9.42. The van der Waals surface area contributed by atoms with Crippen molar-refractivity contribution < 1.29 is 24.2 Å². The molecule has 0 saturated heterocycles. The summed E-state index contributed by atoms with van der Waals surface area (Å²) >= 11 is 0. The first-order valence-corrected chi connectivity index (χ1v) is 11.3. The van der Waals surface area contributed by atoms with Gasteiger partial charge in [-0.15, -0.1) is 0 Å². The Balaban J connectivity index is 5.73. The summed E-state index contributed by atoms with van der Waals surface area (Å²) in [4.78, 5) is 39.5. The molecule has 0 atom stereocenters. The minimum atomic E-state index is -3.21. The molecule has 0 aromatic carbocycles. The molecule has 0 unspecified atom stereocenters. The van der Waals surface area contributed by atoms with E-state index in [4.69, 9.17) is 19.4 Å². The van der Waals surface area contributed by atoms with Gasteiger partial charge in [0.15, 0.2) is 0 Å². The standard InChI is InChI=1S/C17H41N3O5P/c1-14(2)22-19(23-15(3)4)26(21,13-11-12-18(9)10)20(24-16(5)6)25-17(7)8/h14-17,21H,11-13H2,1-10H3/q+1. The molecular formula is C17H41N3O5P+. The minimum Gasteiger partial charge on any atom is -0.309 e. The Kier molecular flexibility index (Phi) is 12.6. The van der Waals surface area contributed by atoms with E-state index in [2.05, 4.69) is 4.90 Å². The molecule has 0 amide bonds. The molecule has 0 aliphatic carbocycles. The van der Waals surface area contributed by atoms with Crippen molar-refractivity contribution in [3.63, 3.8) is 0 Å². The molecule has 0 heterocycles. The molecule has 0 fully saturated rings. The maximum absolute atomic E-state index is 11.7. The quantitative estimate of drug-likeness (QED) is 0.351. The van der Waals surface area contributed by atoms with E-state index in [-0.39, 0.29) is 24.4 Å². The monoisotopic (exact) mass is 398 g/mol. The second kappa shape index (κ2) is 12.5. The van der Waals surface area contributed by atoms with Crippen molar-refractivity contribution in [1.29, 1.82) is 0 Å². The third kappa shape index (κ3) is 10.4. The van der Waals surface area contributed by atoms with Gasteiger partial charge in [-0.05, 0) is 75.9 Å². The lowest BCUT2D eigenvalue weighted by Gasteiger charge is -2.35. The lowest BCUT2D eigenvalue weighted by molar-refractivity contribution is -0.382. The summed E-state index contributed by atoms with van der Waals surface area (Å²) in [6, 6.07) is 0. The fourth-order valence-corrected chi connectivity index (χ4v) is 4.26. The van der Waals surface area contributed by atoms with Gasteiger partial charge in [-0.1, -0.05) is 0 Å². The van der Waals surface area contributed by atoms with E-state index in [9.17, 15) is 4.89 Å². The van der Waals surface area contributed by atoms with Crippen molar-refractivity contribution in [1.82, 2.24) is 14.9 Å². The summed E-state index contributed by atoms with van der Waals surface area (Å²) in [5.74, 6) is 0. The fraction of sp³-hybridized carbons (Fsp3) is 1.00. The maximum Gasteiger partial charge on any atom is 0.399 e. The van der Waals surface area contributed by atoms with E-state index in [1.54, 1.807) is 0 Å². The molecule has 0 aliphatic rings. The number of rotatable bonds is 14. The average molecular weight is 399 g/mol. The van der Waals surface area contributed by atoms with Gasteiger partial charge in [-0.3, -0.25) is 0 Å². The van der Waals surface area contributed by atoms with E-state index >= 15 is 0 Å². The van der Waals surface area contributed by atoms with Gasteiger partial charge in [0.2, 0.25) is 0 Å². The zero-order chi connectivity index (χ0) is 20.5. The summed E-state index contributed by atoms with van der Waals surface area (Å²) < 4.78 is 0. The molecule has 0 aliphatic heterocycles. The predicted molar refractivity (Wildman–Crippen MR) is 106 cm³/mol. The third-order valence-corrected chi connectivity index (χ3v) is 5.13. The van der Waals surface area contributed by atoms with Crippen LogP contribution >= 0.6 is 7.79 Å². The predicted octanol–water partition coefficient (Wildman–Crippen LogP) is 3.66. The number of hydrogen-bond acceptors (Lipinski definition) is 8. The highest BCUT2D eigenvalue weighted by Gasteiger charge is 2.58. The lowest BCUT2D eigenvalue weighted by Crippen LogP contribution is -2.42. The summed E-state index contributed by atoms with van der Waals surface area (Å²) in [6.45, 7) is 15.9. The third-order valence-electron chi connectivity index (χ3n) is 2.79. The Morgan fingerprint density at radius 2 is 1.00 bits per heavy atom. The highest BCUT2D eigenvalue weighted by atomic mass is 31.2. The Hall–Kier alpha value is 0.110. The van der Waals surface area contributed by atoms with E-state index in [0.29, 0.717) is 6.16 Å². The van der Waals surface area contributed by atoms with Gasteiger partial charge < -0.3 is 4.90 Å². The summed E-state index contributed by atoms with van der Waals surface area (Å²) in [7, 11) is 0.785. The van der Waals surface area contributed by atoms with Crippen molar-refractivity contribution in [2.75, 3.05) is 26.8 Å². The normalized spacial score (nSPS) is 13.6. The van der Waals surface area contributed by atoms with Crippen molar-refractivity contribution in [2.45, 2.75) is 86.2 Å². The molecule has 0 spiro atoms. The SMILES string of the molecule is CC(C)ON(OC(C)C)[P+](O)(CCCN(C)C)N(OC(C)C)OC(C)C. The summed E-state index contributed by atoms with van der Waals surface area (Å²) in [5.41, 5.74) is 0. The second-order valence-corrected chi connectivity index (χ2v) is 10.2. The Morgan fingerprint density at radius 3 is 1.23 bits per heavy atom. The van der Waals surface area contributed by atoms with Crippen molar-refractivity contribution in [2.24, 2.45) is 0 Å². The van der Waals surface area contributed by atoms with Crippen LogP contribution in [-0.4, -0.2) is 71.0 Å². The molecule has 0 aromatic rings. The molecule has 0 bridgehead atoms. The molecule has 0 aromatic heterocycles. The Bertz CT molecular complexity index is 326. The molecular weight excluding hydrogens is 357 g/mol. The molecule has 26 heavy (non-hydrogen) atoms. The van der Waals surface area contributed by atoms with Crippen LogP contribution in [-0.2, 0) is 19.4 Å². The zero-order valence-corrected chi connectivity index (χ0v) is 19.2. The van der Waals surface area contributed by atoms with Crippen LogP contribution in [0.4, 0.5) is 0 Å². The van der Waals surface area contributed by atoms with Gasteiger partial charge in [-0.25, -0.2) is 24.2 Å². The van der Waals surface area contributed by atoms with Crippen LogP contribution in [0.2, 0.25) is 0 Å². The van der Waals surface area contributed by atoms with Gasteiger partial charge in [0.25, 0.3) is 0 Å². The van der Waals surface area contributed by atoms with E-state index < -0.39 is 7.79 Å². The fourth-order valence-electron chi connectivity index (χ4n) is 1.90. The highest BCUT2D eigenvalue weighted by Crippen LogP contribution is 2.63. The molecule has 9 heteroatoms. The second-order valence-electron chi connectivity index (χ2n) is 7.67. The van der Waals surface area contributed by atoms with Crippen molar-refractivity contribution >= 4 is 7.79 Å². The van der Waals surface area contributed by atoms with Gasteiger partial charge in [0.1, 0.15) is 16.2 Å². The van der Waals surface area contributed by atoms with Crippen LogP contribution in [0.3, 0.4) is 0 Å². The first-order chi connectivity index (χ1) is 11.9. The largest absolute Gasteiger partial charge is 0.399 e. The summed E-state index contributed by atoms with van der Waals surface area (Å²) in [6.07, 6.45) is 0.450. The van der Waals surface area contributed by atoms with Crippen LogP contribution in [0.15, 0.2) is 0 Å². The van der Waals surface area contributed by atoms with Crippen LogP contribution < -0.4 is 0 Å². The number of hydrogen-bond donors (Lipinski definition) is 1. The molecule has 8 nitrogen and oxygen atoms in total. The molecule has 0 rings (SSSR count). The van der Waals surface area contributed by atoms with Crippen LogP contribution in [0.1, 0.15) is 61.8 Å². The van der Waals surface area contributed by atoms with Gasteiger partial charge >= 0.3 is 7.79 Å². The van der Waals surface area contributed by atoms with E-state index in [0.717, 1.165) is 13.0 Å². The van der Waals surface area contributed by atoms with Crippen LogP contribution in [0.25, 0.3) is 0 Å². The lowest BCUT2D eigenvalue weighted by atomic mass is 10.5. The number of nitrogens with zero attached hydrogens (tertiary/aromatic N) is 3. The maximum atomic E-state index is 11.7. The van der Waals surface area contributed by atoms with E-state index in [1.165, 1.54) is 9.99 Å². The molecule has 0 saturated carbocycles. The average Bonchev–Trinajstić information content (AvgIpc) is 2.43. The van der Waals surface area contributed by atoms with Gasteiger partial charge in [-0.2, -0.15) is 0 Å². The van der Waals surface area contributed by atoms with Gasteiger partial charge in [0, 0.05) is 6.54 Å². The zero-order valence-electron chi connectivity index (χ0n) is 18.3. The summed E-state index contributed by atoms with van der Waals surface area (Å²) in [5, 5.41) is 0. The molecule has 0 radical (unpaired) electrons. The van der Waals surface area contributed by atoms with Crippen molar-refractivity contribution in [3.05, 3.63) is 0 Å². The topological polar surface area (TPSA) is 66.9 Å². The Labute approximate surface area is 160 Å². The smallest absolute Gasteiger partial charge is 0.309 e. The van der Waals surface area contributed by atoms with Crippen LogP contribution in [0, 0.1) is 0 Å². The first kappa shape index (κ1) is 26.1. The molecule has 158 valence electrons. The van der Waals surface area contributed by atoms with Gasteiger partial charge in [0.05, 0.1) is 24.4 Å². The van der Waals surface area contributed by atoms with E-state index in [1.807, 2.05) is 69.5 Å². The molecule has 1 N–H and O–H groups in total. The minimum absolute atomic E-state index is 0.172. The van der Waals surface area contributed by atoms with Crippen LogP contribution in [0.5, 0.6) is 0 Å². The van der Waals surface area contributed by atoms with Crippen molar-refractivity contribution in [3.8, 4) is 0 Å².